The first-order chi connectivity index (χ1) is 34.8. The van der Waals surface area contributed by atoms with Crippen molar-refractivity contribution in [3.05, 3.63) is 100 Å². The summed E-state index contributed by atoms with van der Waals surface area (Å²) in [5.74, 6) is 8.01. The number of nitrogens with zero attached hydrogens (tertiary/aromatic N) is 8. The number of piperazine rings is 1. The number of fused-ring (bicyclic) bond motifs is 2. The first-order valence-electron chi connectivity index (χ1n) is 25.4. The number of ether oxygens (including phenoxy) is 1. The SMILES string of the molecule is CC1C=C(C(CO)Nc2nc(Nc3ccc4c(c3)C(C)(C)OC4=O)ncc2-c2nnc(CCCN3CCC(CN4CCN(CC#Cc5ccc6c(c5)CN(C5CCC(=O)NC5=O)C6=O)CC4)CC3)o2)C=CC1. The second kappa shape index (κ2) is 21.1. The Labute approximate surface area is 419 Å². The molecule has 0 radical (unpaired) electrons. The zero-order valence-corrected chi connectivity index (χ0v) is 41.3. The molecule has 3 atom stereocenters. The highest BCUT2D eigenvalue weighted by Crippen LogP contribution is 2.38. The van der Waals surface area contributed by atoms with Crippen LogP contribution in [0.5, 0.6) is 0 Å². The number of esters is 1. The molecule has 3 saturated heterocycles. The molecular formula is C54H63N11O7. The maximum absolute atomic E-state index is 13.1. The Morgan fingerprint density at radius 1 is 0.944 bits per heavy atom. The Kier molecular flexibility index (Phi) is 14.3. The molecule has 0 saturated carbocycles. The zero-order chi connectivity index (χ0) is 49.9. The van der Waals surface area contributed by atoms with Crippen LogP contribution in [0, 0.1) is 23.7 Å². The number of amides is 3. The number of hydrogen-bond acceptors (Lipinski definition) is 16. The molecule has 1 aliphatic carbocycles. The van der Waals surface area contributed by atoms with Gasteiger partial charge in [0, 0.05) is 80.7 Å². The second-order valence-electron chi connectivity index (χ2n) is 20.4. The quantitative estimate of drug-likeness (QED) is 0.0698. The van der Waals surface area contributed by atoms with Crippen LogP contribution in [0.3, 0.4) is 0 Å². The maximum Gasteiger partial charge on any atom is 0.339 e. The van der Waals surface area contributed by atoms with Gasteiger partial charge in [0.05, 0.1) is 30.3 Å². The summed E-state index contributed by atoms with van der Waals surface area (Å²) in [7, 11) is 0. The van der Waals surface area contributed by atoms with Crippen molar-refractivity contribution in [3.8, 4) is 23.3 Å². The van der Waals surface area contributed by atoms with Gasteiger partial charge in [0.15, 0.2) is 0 Å². The summed E-state index contributed by atoms with van der Waals surface area (Å²) in [4.78, 5) is 68.1. The van der Waals surface area contributed by atoms with E-state index in [1.54, 1.807) is 29.3 Å². The smallest absolute Gasteiger partial charge is 0.339 e. The third-order valence-electron chi connectivity index (χ3n) is 14.8. The molecule has 6 aliphatic rings. The Balaban J connectivity index is 0.676. The lowest BCUT2D eigenvalue weighted by molar-refractivity contribution is -0.136. The van der Waals surface area contributed by atoms with Crippen LogP contribution in [-0.4, -0.2) is 146 Å². The second-order valence-corrected chi connectivity index (χ2v) is 20.4. The molecule has 5 aliphatic heterocycles. The molecule has 7 heterocycles. The average Bonchev–Trinajstić information content (AvgIpc) is 4.04. The number of allylic oxidation sites excluding steroid dienone is 2. The number of anilines is 3. The number of aliphatic hydroxyl groups excluding tert-OH is 1. The van der Waals surface area contributed by atoms with Crippen LogP contribution in [0.4, 0.5) is 17.5 Å². The fourth-order valence-electron chi connectivity index (χ4n) is 10.7. The number of hydrogen-bond donors (Lipinski definition) is 4. The van der Waals surface area contributed by atoms with Crippen molar-refractivity contribution < 1.29 is 33.4 Å². The van der Waals surface area contributed by atoms with Crippen molar-refractivity contribution >= 4 is 41.1 Å². The molecule has 18 nitrogen and oxygen atoms in total. The van der Waals surface area contributed by atoms with E-state index in [0.29, 0.717) is 83.7 Å². The lowest BCUT2D eigenvalue weighted by atomic mass is 9.94. The predicted octanol–water partition coefficient (Wildman–Crippen LogP) is 5.05. The molecule has 18 heteroatoms. The van der Waals surface area contributed by atoms with Gasteiger partial charge in [-0.15, -0.1) is 10.2 Å². The lowest BCUT2D eigenvalue weighted by Crippen LogP contribution is -2.52. The van der Waals surface area contributed by atoms with Crippen LogP contribution >= 0.6 is 0 Å². The summed E-state index contributed by atoms with van der Waals surface area (Å²) in [5, 5.41) is 28.5. The zero-order valence-electron chi connectivity index (χ0n) is 41.3. The molecule has 4 aromatic rings. The van der Waals surface area contributed by atoms with E-state index in [-0.39, 0.29) is 30.8 Å². The Bertz CT molecular complexity index is 2850. The minimum atomic E-state index is -0.755. The van der Waals surface area contributed by atoms with Crippen molar-refractivity contribution in [1.82, 2.24) is 45.1 Å². The molecule has 376 valence electrons. The van der Waals surface area contributed by atoms with Gasteiger partial charge in [0.25, 0.3) is 11.8 Å². The molecule has 2 aromatic carbocycles. The van der Waals surface area contributed by atoms with Crippen molar-refractivity contribution in [2.45, 2.75) is 89.9 Å². The van der Waals surface area contributed by atoms with Crippen molar-refractivity contribution in [2.75, 3.05) is 76.1 Å². The molecule has 4 N–H and O–H groups in total. The number of imide groups is 1. The van der Waals surface area contributed by atoms with Crippen LogP contribution in [0.2, 0.25) is 0 Å². The number of likely N-dealkylation sites (tertiary alicyclic amines) is 1. The number of aromatic nitrogens is 4. The van der Waals surface area contributed by atoms with E-state index in [1.807, 2.05) is 38.1 Å². The molecule has 3 amide bonds. The number of carbonyl (C=O) groups is 4. The highest BCUT2D eigenvalue weighted by molar-refractivity contribution is 6.05. The molecule has 0 bridgehead atoms. The first kappa shape index (κ1) is 48.8. The van der Waals surface area contributed by atoms with Gasteiger partial charge in [-0.3, -0.25) is 24.6 Å². The summed E-state index contributed by atoms with van der Waals surface area (Å²) in [5.41, 5.74) is 5.06. The van der Waals surface area contributed by atoms with E-state index >= 15 is 0 Å². The Morgan fingerprint density at radius 2 is 1.75 bits per heavy atom. The number of carbonyl (C=O) groups excluding carboxylic acids is 4. The Morgan fingerprint density at radius 3 is 2.54 bits per heavy atom. The van der Waals surface area contributed by atoms with Crippen LogP contribution in [0.1, 0.15) is 103 Å². The molecular weight excluding hydrogens is 915 g/mol. The monoisotopic (exact) mass is 977 g/mol. The van der Waals surface area contributed by atoms with E-state index in [1.165, 1.54) is 12.8 Å². The molecule has 72 heavy (non-hydrogen) atoms. The van der Waals surface area contributed by atoms with Gasteiger partial charge in [-0.2, -0.15) is 4.98 Å². The average molecular weight is 978 g/mol. The van der Waals surface area contributed by atoms with Crippen molar-refractivity contribution in [2.24, 2.45) is 11.8 Å². The number of benzene rings is 2. The number of cyclic esters (lactones) is 1. The minimum absolute atomic E-state index is 0.159. The third-order valence-corrected chi connectivity index (χ3v) is 14.8. The van der Waals surface area contributed by atoms with E-state index in [9.17, 15) is 24.3 Å². The molecule has 3 unspecified atom stereocenters. The van der Waals surface area contributed by atoms with Gasteiger partial charge in [-0.1, -0.05) is 37.0 Å². The highest BCUT2D eigenvalue weighted by atomic mass is 16.6. The largest absolute Gasteiger partial charge is 0.451 e. The number of rotatable bonds is 15. The Hall–Kier alpha value is -6.78. The standard InChI is InChI=1S/C54H63N11O7/c1-34-7-4-9-37(27-34)44(33-66)57-48-42(30-55-53(59-48)56-39-12-14-41-43(29-39)54(2,3)72-52(41)70)50-61-60-47(71-50)10-6-20-62-21-17-36(18-22-62)31-64-25-23-63(24-26-64)19-5-8-35-11-13-40-38(28-35)32-65(51(40)69)45-15-16-46(67)58-49(45)68/h4,9,11-14,27-30,34,36,44-45,66H,6-7,10,15-26,31-33H2,1-3H3,(H,58,67,68)(H2,55,56,57,59). The predicted molar refractivity (Wildman–Crippen MR) is 269 cm³/mol. The fourth-order valence-corrected chi connectivity index (χ4v) is 10.7. The van der Waals surface area contributed by atoms with E-state index in [4.69, 9.17) is 14.1 Å². The lowest BCUT2D eigenvalue weighted by Gasteiger charge is -2.38. The van der Waals surface area contributed by atoms with E-state index < -0.39 is 23.6 Å². The topological polar surface area (TPSA) is 211 Å². The third kappa shape index (κ3) is 11.0. The maximum atomic E-state index is 13.1. The fraction of sp³-hybridized carbons (Fsp3) is 0.481. The molecule has 2 aromatic heterocycles. The molecule has 10 rings (SSSR count). The van der Waals surface area contributed by atoms with Gasteiger partial charge in [0.2, 0.25) is 23.7 Å². The van der Waals surface area contributed by atoms with E-state index in [0.717, 1.165) is 87.5 Å². The van der Waals surface area contributed by atoms with Gasteiger partial charge in [-0.25, -0.2) is 9.78 Å². The van der Waals surface area contributed by atoms with Crippen molar-refractivity contribution in [1.29, 1.82) is 0 Å². The first-order valence-corrected chi connectivity index (χ1v) is 25.4. The van der Waals surface area contributed by atoms with Gasteiger partial charge < -0.3 is 39.6 Å². The van der Waals surface area contributed by atoms with Crippen LogP contribution < -0.4 is 16.0 Å². The molecule has 0 spiro atoms. The minimum Gasteiger partial charge on any atom is -0.451 e. The number of aliphatic hydroxyl groups is 1. The summed E-state index contributed by atoms with van der Waals surface area (Å²) in [6, 6.07) is 9.99. The summed E-state index contributed by atoms with van der Waals surface area (Å²) in [6.45, 7) is 15.0. The van der Waals surface area contributed by atoms with Crippen LogP contribution in [0.25, 0.3) is 11.5 Å². The molecule has 3 fully saturated rings. The van der Waals surface area contributed by atoms with Gasteiger partial charge in [0.1, 0.15) is 17.5 Å². The normalized spacial score (nSPS) is 21.9. The van der Waals surface area contributed by atoms with Crippen LogP contribution in [0.15, 0.2) is 70.8 Å². The number of nitrogens with one attached hydrogen (secondary N) is 3. The summed E-state index contributed by atoms with van der Waals surface area (Å²) < 4.78 is 11.8. The highest BCUT2D eigenvalue weighted by Gasteiger charge is 2.40. The number of aryl methyl sites for hydroxylation is 1. The van der Waals surface area contributed by atoms with Crippen molar-refractivity contribution in [3.63, 3.8) is 0 Å². The van der Waals surface area contributed by atoms with Gasteiger partial charge in [-0.05, 0) is 125 Å². The van der Waals surface area contributed by atoms with Crippen LogP contribution in [-0.2, 0) is 32.9 Å². The summed E-state index contributed by atoms with van der Waals surface area (Å²) in [6.07, 6.45) is 13.4. The van der Waals surface area contributed by atoms with E-state index in [2.05, 4.69) is 76.7 Å². The number of piperidine rings is 2. The summed E-state index contributed by atoms with van der Waals surface area (Å²) >= 11 is 0. The van der Waals surface area contributed by atoms with Gasteiger partial charge >= 0.3 is 5.97 Å².